The van der Waals surface area contributed by atoms with Gasteiger partial charge in [-0.1, -0.05) is 32.0 Å². The molecule has 0 saturated carbocycles. The molecule has 1 heterocycles. The van der Waals surface area contributed by atoms with Crippen molar-refractivity contribution in [2.75, 3.05) is 12.3 Å². The van der Waals surface area contributed by atoms with E-state index in [9.17, 15) is 14.0 Å². The maximum absolute atomic E-state index is 12.9. The largest absolute Gasteiger partial charge is 0.351 e. The number of nitrogens with zero attached hydrogens (tertiary/aromatic N) is 2. The van der Waals surface area contributed by atoms with E-state index in [2.05, 4.69) is 10.4 Å². The second-order valence-corrected chi connectivity index (χ2v) is 8.36. The maximum atomic E-state index is 12.9. The Morgan fingerprint density at radius 3 is 2.52 bits per heavy atom. The molecule has 0 atom stereocenters. The summed E-state index contributed by atoms with van der Waals surface area (Å²) in [5, 5.41) is 8.31. The van der Waals surface area contributed by atoms with Crippen LogP contribution in [0.15, 0.2) is 58.2 Å². The summed E-state index contributed by atoms with van der Waals surface area (Å²) in [5.41, 5.74) is 0.0913. The van der Waals surface area contributed by atoms with Gasteiger partial charge in [0, 0.05) is 23.4 Å². The Morgan fingerprint density at radius 2 is 1.83 bits per heavy atom. The molecule has 0 radical (unpaired) electrons. The van der Waals surface area contributed by atoms with Gasteiger partial charge < -0.3 is 5.32 Å². The topological polar surface area (TPSA) is 64.0 Å². The molecule has 0 spiro atoms. The molecule has 7 heteroatoms. The molecule has 152 valence electrons. The van der Waals surface area contributed by atoms with Crippen LogP contribution < -0.4 is 10.9 Å². The monoisotopic (exact) mass is 413 g/mol. The van der Waals surface area contributed by atoms with Crippen molar-refractivity contribution in [3.63, 3.8) is 0 Å². The van der Waals surface area contributed by atoms with Crippen molar-refractivity contribution >= 4 is 28.4 Å². The first-order valence-electron chi connectivity index (χ1n) is 9.62. The number of carbonyl (C=O) groups is 1. The molecule has 1 amide bonds. The molecule has 0 aliphatic rings. The van der Waals surface area contributed by atoms with Crippen LogP contribution in [0.25, 0.3) is 10.8 Å². The van der Waals surface area contributed by atoms with Crippen molar-refractivity contribution in [3.05, 3.63) is 70.4 Å². The fourth-order valence-electron chi connectivity index (χ4n) is 2.95. The Morgan fingerprint density at radius 1 is 1.14 bits per heavy atom. The summed E-state index contributed by atoms with van der Waals surface area (Å²) >= 11 is 1.61. The van der Waals surface area contributed by atoms with Gasteiger partial charge in [-0.15, -0.1) is 11.8 Å². The molecule has 0 aliphatic heterocycles. The van der Waals surface area contributed by atoms with Gasteiger partial charge in [-0.2, -0.15) is 5.10 Å². The number of halogens is 1. The molecular formula is C22H24FN3O2S. The third kappa shape index (κ3) is 5.44. The van der Waals surface area contributed by atoms with Crippen molar-refractivity contribution in [1.82, 2.24) is 15.1 Å². The van der Waals surface area contributed by atoms with E-state index in [-0.39, 0.29) is 28.9 Å². The van der Waals surface area contributed by atoms with E-state index in [0.29, 0.717) is 23.9 Å². The van der Waals surface area contributed by atoms with Crippen LogP contribution in [0.4, 0.5) is 4.39 Å². The van der Waals surface area contributed by atoms with Gasteiger partial charge in [0.2, 0.25) is 0 Å². The van der Waals surface area contributed by atoms with E-state index >= 15 is 0 Å². The highest BCUT2D eigenvalue weighted by molar-refractivity contribution is 7.99. The summed E-state index contributed by atoms with van der Waals surface area (Å²) < 4.78 is 14.3. The number of carbonyl (C=O) groups excluding carboxylic acids is 1. The second kappa shape index (κ2) is 9.69. The van der Waals surface area contributed by atoms with Gasteiger partial charge >= 0.3 is 0 Å². The minimum Gasteiger partial charge on any atom is -0.351 e. The quantitative estimate of drug-likeness (QED) is 0.446. The lowest BCUT2D eigenvalue weighted by atomic mass is 10.1. The minimum atomic E-state index is -0.287. The summed E-state index contributed by atoms with van der Waals surface area (Å²) in [6.45, 7) is 4.95. The molecule has 2 aromatic carbocycles. The highest BCUT2D eigenvalue weighted by Gasteiger charge is 2.16. The predicted octanol–water partition coefficient (Wildman–Crippen LogP) is 4.10. The Balaban J connectivity index is 1.66. The van der Waals surface area contributed by atoms with Crippen LogP contribution in [-0.2, 0) is 6.54 Å². The van der Waals surface area contributed by atoms with E-state index in [0.717, 1.165) is 17.1 Å². The number of fused-ring (bicyclic) bond motifs is 1. The Bertz CT molecular complexity index is 1050. The lowest BCUT2D eigenvalue weighted by Crippen LogP contribution is -2.32. The normalized spacial score (nSPS) is 11.2. The van der Waals surface area contributed by atoms with E-state index in [1.807, 2.05) is 13.8 Å². The summed E-state index contributed by atoms with van der Waals surface area (Å²) in [4.78, 5) is 26.4. The number of hydrogen-bond acceptors (Lipinski definition) is 4. The molecule has 0 bridgehead atoms. The first kappa shape index (κ1) is 21.0. The van der Waals surface area contributed by atoms with E-state index in [1.54, 1.807) is 48.2 Å². The summed E-state index contributed by atoms with van der Waals surface area (Å²) in [5.74, 6) is 0.499. The molecule has 0 unspecified atom stereocenters. The van der Waals surface area contributed by atoms with E-state index < -0.39 is 0 Å². The van der Waals surface area contributed by atoms with Gasteiger partial charge in [0.15, 0.2) is 5.69 Å². The van der Waals surface area contributed by atoms with Crippen molar-refractivity contribution < 1.29 is 9.18 Å². The first-order chi connectivity index (χ1) is 14.0. The van der Waals surface area contributed by atoms with Crippen molar-refractivity contribution in [3.8, 4) is 0 Å². The number of amides is 1. The molecule has 5 nitrogen and oxygen atoms in total. The highest BCUT2D eigenvalue weighted by Crippen LogP contribution is 2.18. The smallest absolute Gasteiger partial charge is 0.274 e. The lowest BCUT2D eigenvalue weighted by molar-refractivity contribution is 0.0948. The Labute approximate surface area is 173 Å². The van der Waals surface area contributed by atoms with Crippen LogP contribution in [-0.4, -0.2) is 28.0 Å². The van der Waals surface area contributed by atoms with E-state index in [1.165, 1.54) is 16.8 Å². The van der Waals surface area contributed by atoms with Crippen LogP contribution in [0.5, 0.6) is 0 Å². The van der Waals surface area contributed by atoms with E-state index in [4.69, 9.17) is 0 Å². The number of hydrogen-bond donors (Lipinski definition) is 1. The third-order valence-corrected chi connectivity index (χ3v) is 5.41. The molecule has 29 heavy (non-hydrogen) atoms. The molecule has 1 aromatic heterocycles. The summed E-state index contributed by atoms with van der Waals surface area (Å²) in [6.07, 6.45) is 0.761. The number of aromatic nitrogens is 2. The zero-order valence-electron chi connectivity index (χ0n) is 16.5. The van der Waals surface area contributed by atoms with Gasteiger partial charge in [0.05, 0.1) is 5.39 Å². The third-order valence-electron chi connectivity index (χ3n) is 4.31. The maximum Gasteiger partial charge on any atom is 0.274 e. The number of benzene rings is 2. The van der Waals surface area contributed by atoms with Crippen molar-refractivity contribution in [2.24, 2.45) is 5.92 Å². The molecule has 3 aromatic rings. The van der Waals surface area contributed by atoms with Gasteiger partial charge in [-0.25, -0.2) is 9.07 Å². The standard InChI is InChI=1S/C22H24FN3O2S/c1-15(2)14-26-22(28)19-7-4-3-6-18(19)20(25-26)21(27)24-12-5-13-29-17-10-8-16(23)9-11-17/h3-4,6-11,15H,5,12-14H2,1-2H3,(H,24,27). The molecule has 3 rings (SSSR count). The SMILES string of the molecule is CC(C)Cn1nc(C(=O)NCCCSc2ccc(F)cc2)c2ccccc2c1=O. The number of thioether (sulfide) groups is 1. The van der Waals surface area contributed by atoms with Gasteiger partial charge in [-0.3, -0.25) is 9.59 Å². The minimum absolute atomic E-state index is 0.179. The second-order valence-electron chi connectivity index (χ2n) is 7.19. The predicted molar refractivity (Wildman–Crippen MR) is 115 cm³/mol. The van der Waals surface area contributed by atoms with Gasteiger partial charge in [0.25, 0.3) is 11.5 Å². The highest BCUT2D eigenvalue weighted by atomic mass is 32.2. The summed E-state index contributed by atoms with van der Waals surface area (Å²) in [6, 6.07) is 13.4. The molecular weight excluding hydrogens is 389 g/mol. The average molecular weight is 414 g/mol. The first-order valence-corrected chi connectivity index (χ1v) is 10.6. The van der Waals surface area contributed by atoms with Crippen LogP contribution in [0, 0.1) is 11.7 Å². The molecule has 0 fully saturated rings. The van der Waals surface area contributed by atoms with Crippen LogP contribution in [0.3, 0.4) is 0 Å². The molecule has 1 N–H and O–H groups in total. The fraction of sp³-hybridized carbons (Fsp3) is 0.318. The number of nitrogens with one attached hydrogen (secondary N) is 1. The number of rotatable bonds is 8. The van der Waals surface area contributed by atoms with Crippen molar-refractivity contribution in [2.45, 2.75) is 31.7 Å². The van der Waals surface area contributed by atoms with Crippen LogP contribution >= 0.6 is 11.8 Å². The zero-order valence-corrected chi connectivity index (χ0v) is 17.3. The van der Waals surface area contributed by atoms with Gasteiger partial charge in [0.1, 0.15) is 5.82 Å². The van der Waals surface area contributed by atoms with Gasteiger partial charge in [-0.05, 0) is 48.4 Å². The molecule has 0 saturated heterocycles. The zero-order chi connectivity index (χ0) is 20.8. The lowest BCUT2D eigenvalue weighted by Gasteiger charge is -2.12. The molecule has 0 aliphatic carbocycles. The average Bonchev–Trinajstić information content (AvgIpc) is 2.71. The van der Waals surface area contributed by atoms with Crippen molar-refractivity contribution in [1.29, 1.82) is 0 Å². The van der Waals surface area contributed by atoms with Crippen LogP contribution in [0.2, 0.25) is 0 Å². The summed E-state index contributed by atoms with van der Waals surface area (Å²) in [7, 11) is 0. The Kier molecular flexibility index (Phi) is 7.04. The Hall–Kier alpha value is -2.67. The van der Waals surface area contributed by atoms with Crippen LogP contribution in [0.1, 0.15) is 30.8 Å². The fourth-order valence-corrected chi connectivity index (χ4v) is 3.80.